The Morgan fingerprint density at radius 2 is 0.686 bits per heavy atom. The lowest BCUT2D eigenvalue weighted by atomic mass is 9.37. The van der Waals surface area contributed by atoms with Crippen LogP contribution < -0.4 is 26.6 Å². The van der Waals surface area contributed by atoms with Crippen molar-refractivity contribution in [3.8, 4) is 45.3 Å². The molecular formula is C77H59BN2O6. The predicted octanol–water partition coefficient (Wildman–Crippen LogP) is 20.6. The van der Waals surface area contributed by atoms with Gasteiger partial charge in [-0.05, 0) is 160 Å². The second-order valence-electron chi connectivity index (χ2n) is 25.9. The fourth-order valence-corrected chi connectivity index (χ4v) is 13.3. The molecule has 0 fully saturated rings. The molecule has 0 bridgehead atoms. The lowest BCUT2D eigenvalue weighted by Crippen LogP contribution is -2.60. The molecular weight excluding hydrogens is 1060 g/mol. The molecule has 8 heterocycles. The fraction of sp³-hybridized carbons (Fsp3) is 0.143. The van der Waals surface area contributed by atoms with E-state index in [0.717, 1.165) is 162 Å². The van der Waals surface area contributed by atoms with E-state index in [1.54, 1.807) is 0 Å². The van der Waals surface area contributed by atoms with Gasteiger partial charge in [0.15, 0.2) is 0 Å². The average Bonchev–Trinajstić information content (AvgIpc) is 1.39. The van der Waals surface area contributed by atoms with Gasteiger partial charge >= 0.3 is 6.71 Å². The molecule has 9 heteroatoms. The van der Waals surface area contributed by atoms with Gasteiger partial charge in [0.25, 0.3) is 0 Å². The van der Waals surface area contributed by atoms with Crippen LogP contribution in [0.1, 0.15) is 78.0 Å². The van der Waals surface area contributed by atoms with Crippen molar-refractivity contribution < 1.29 is 26.5 Å². The maximum Gasteiger partial charge on any atom is 0.342 e. The van der Waals surface area contributed by atoms with Crippen molar-refractivity contribution in [3.05, 3.63) is 223 Å². The summed E-state index contributed by atoms with van der Waals surface area (Å²) in [4.78, 5) is 4.92. The third kappa shape index (κ3) is 7.83. The number of para-hydroxylation sites is 4. The van der Waals surface area contributed by atoms with Crippen LogP contribution in [-0.2, 0) is 10.8 Å². The zero-order chi connectivity index (χ0) is 58.1. The van der Waals surface area contributed by atoms with E-state index < -0.39 is 6.71 Å². The third-order valence-electron chi connectivity index (χ3n) is 17.9. The van der Waals surface area contributed by atoms with Crippen LogP contribution >= 0.6 is 0 Å². The zero-order valence-electron chi connectivity index (χ0n) is 49.1. The van der Waals surface area contributed by atoms with Crippen molar-refractivity contribution in [2.24, 2.45) is 0 Å². The molecule has 0 saturated heterocycles. The first-order chi connectivity index (χ1) is 41.6. The highest BCUT2D eigenvalue weighted by atomic mass is 16.4. The van der Waals surface area contributed by atoms with Crippen molar-refractivity contribution in [2.45, 2.75) is 72.1 Å². The van der Waals surface area contributed by atoms with Gasteiger partial charge in [0, 0.05) is 77.3 Å². The maximum atomic E-state index is 7.55. The molecule has 0 unspecified atom stereocenters. The summed E-state index contributed by atoms with van der Waals surface area (Å²) in [5.74, 6) is 3.13. The lowest BCUT2D eigenvalue weighted by Gasteiger charge is -2.41. The highest BCUT2D eigenvalue weighted by Crippen LogP contribution is 2.53. The molecule has 17 rings (SSSR count). The SMILES string of the molecule is CC(C)c1cc2c3c(c1)N(c1cc(-c4cc5ccccc5o4)cc(-c4cc5ccccc5o4)c1)c1c(oc4ccc(C(C)(C)C)cc14)B3c1oc3ccc(C(C)(C)C)cc3c1N2c1cc(-c2cc3ccccc3o2)cc(-c2cc3ccccc3o2)c1. The highest BCUT2D eigenvalue weighted by molar-refractivity contribution is 6.99. The Labute approximate surface area is 497 Å². The summed E-state index contributed by atoms with van der Waals surface area (Å²) in [7, 11) is 0. The van der Waals surface area contributed by atoms with Gasteiger partial charge in [-0.2, -0.15) is 0 Å². The van der Waals surface area contributed by atoms with E-state index in [1.807, 2.05) is 48.5 Å². The summed E-state index contributed by atoms with van der Waals surface area (Å²) in [6.45, 7) is 17.8. The molecule has 416 valence electrons. The zero-order valence-corrected chi connectivity index (χ0v) is 49.1. The van der Waals surface area contributed by atoms with Gasteiger partial charge in [-0.15, -0.1) is 0 Å². The molecule has 0 atom stereocenters. The highest BCUT2D eigenvalue weighted by Gasteiger charge is 2.50. The summed E-state index contributed by atoms with van der Waals surface area (Å²) >= 11 is 0. The quantitative estimate of drug-likeness (QED) is 0.146. The lowest BCUT2D eigenvalue weighted by molar-refractivity contribution is 0.590. The standard InChI is InChI=1S/C77H59BN2O6/c1-43(2)48-35-59-71-60(36-48)80(56-33-51(69-39-46-19-11-15-23-63(46)83-69)30-52(34-56)70-40-47-20-12-16-24-64(47)84-70)73-58-42-54(77(6,7)8)26-28-66(58)86-75(73)78(71)74-72(57-41-53(76(3,4)5)25-27-65(57)85-74)79(59)55-31-49(67-37-44-17-9-13-21-61(44)81-67)29-50(32-55)68-38-45-18-10-14-22-62(45)82-68/h9-43H,1-8H3. The minimum atomic E-state index is -0.475. The van der Waals surface area contributed by atoms with Gasteiger partial charge in [0.1, 0.15) is 67.9 Å². The Hall–Kier alpha value is -10.1. The van der Waals surface area contributed by atoms with Gasteiger partial charge < -0.3 is 36.3 Å². The summed E-state index contributed by atoms with van der Waals surface area (Å²) < 4.78 is 42.2. The smallest absolute Gasteiger partial charge is 0.342 e. The molecule has 0 radical (unpaired) electrons. The molecule has 9 aromatic carbocycles. The van der Waals surface area contributed by atoms with Crippen LogP contribution in [0, 0.1) is 0 Å². The van der Waals surface area contributed by atoms with Gasteiger partial charge in [0.2, 0.25) is 0 Å². The van der Waals surface area contributed by atoms with E-state index in [4.69, 9.17) is 26.5 Å². The molecule has 2 aliphatic heterocycles. The molecule has 0 saturated carbocycles. The van der Waals surface area contributed by atoms with E-state index in [-0.39, 0.29) is 16.7 Å². The van der Waals surface area contributed by atoms with Gasteiger partial charge in [0.05, 0.1) is 11.4 Å². The molecule has 0 aliphatic carbocycles. The summed E-state index contributed by atoms with van der Waals surface area (Å²) in [6.07, 6.45) is 0. The molecule has 0 amide bonds. The number of fused-ring (bicyclic) bond motifs is 12. The molecule has 8 nitrogen and oxygen atoms in total. The molecule has 86 heavy (non-hydrogen) atoms. The molecule has 2 aliphatic rings. The summed E-state index contributed by atoms with van der Waals surface area (Å²) in [6, 6.07) is 73.2. The minimum Gasteiger partial charge on any atom is -0.468 e. The normalized spacial score (nSPS) is 13.4. The number of furan rings is 6. The van der Waals surface area contributed by atoms with E-state index in [0.29, 0.717) is 0 Å². The number of rotatable bonds is 7. The Kier molecular flexibility index (Phi) is 10.7. The van der Waals surface area contributed by atoms with Crippen LogP contribution in [0.15, 0.2) is 233 Å². The van der Waals surface area contributed by atoms with Crippen LogP contribution in [0.5, 0.6) is 0 Å². The molecule has 0 N–H and O–H groups in total. The summed E-state index contributed by atoms with van der Waals surface area (Å²) in [5.41, 5.74) is 20.2. The van der Waals surface area contributed by atoms with Crippen molar-refractivity contribution in [3.63, 3.8) is 0 Å². The Morgan fingerprint density at radius 3 is 1.00 bits per heavy atom. The van der Waals surface area contributed by atoms with Crippen molar-refractivity contribution in [1.82, 2.24) is 0 Å². The molecule has 6 aromatic heterocycles. The van der Waals surface area contributed by atoms with Crippen LogP contribution in [0.25, 0.3) is 111 Å². The number of hydrogen-bond acceptors (Lipinski definition) is 8. The predicted molar refractivity (Wildman–Crippen MR) is 352 cm³/mol. The number of benzene rings is 9. The first kappa shape index (κ1) is 50.4. The van der Waals surface area contributed by atoms with Gasteiger partial charge in [-0.1, -0.05) is 140 Å². The monoisotopic (exact) mass is 1120 g/mol. The average molecular weight is 1120 g/mol. The third-order valence-corrected chi connectivity index (χ3v) is 17.9. The number of hydrogen-bond donors (Lipinski definition) is 0. The van der Waals surface area contributed by atoms with E-state index in [9.17, 15) is 0 Å². The topological polar surface area (TPSA) is 85.3 Å². The fourth-order valence-electron chi connectivity index (χ4n) is 13.3. The van der Waals surface area contributed by atoms with Crippen LogP contribution in [-0.4, -0.2) is 6.71 Å². The largest absolute Gasteiger partial charge is 0.468 e. The molecule has 15 aromatic rings. The van der Waals surface area contributed by atoms with E-state index in [1.165, 1.54) is 16.7 Å². The minimum absolute atomic E-state index is 0.115. The Bertz CT molecular complexity index is 4650. The van der Waals surface area contributed by atoms with Crippen molar-refractivity contribution >= 4 is 123 Å². The van der Waals surface area contributed by atoms with E-state index in [2.05, 4.69) is 223 Å². The number of anilines is 6. The second kappa shape index (κ2) is 18.2. The van der Waals surface area contributed by atoms with Gasteiger partial charge in [-0.3, -0.25) is 0 Å². The second-order valence-corrected chi connectivity index (χ2v) is 25.9. The van der Waals surface area contributed by atoms with Crippen molar-refractivity contribution in [1.29, 1.82) is 0 Å². The maximum absolute atomic E-state index is 7.55. The molecule has 0 spiro atoms. The van der Waals surface area contributed by atoms with Crippen LogP contribution in [0.3, 0.4) is 0 Å². The number of nitrogens with zero attached hydrogens (tertiary/aromatic N) is 2. The Balaban J connectivity index is 0.997. The van der Waals surface area contributed by atoms with E-state index >= 15 is 0 Å². The first-order valence-corrected chi connectivity index (χ1v) is 29.8. The summed E-state index contributed by atoms with van der Waals surface area (Å²) in [5, 5.41) is 6.13. The van der Waals surface area contributed by atoms with Crippen LogP contribution in [0.4, 0.5) is 34.1 Å². The Morgan fingerprint density at radius 1 is 0.349 bits per heavy atom. The van der Waals surface area contributed by atoms with Gasteiger partial charge in [-0.25, -0.2) is 0 Å². The first-order valence-electron chi connectivity index (χ1n) is 29.8. The van der Waals surface area contributed by atoms with Crippen molar-refractivity contribution in [2.75, 3.05) is 9.80 Å². The van der Waals surface area contributed by atoms with Crippen LogP contribution in [0.2, 0.25) is 0 Å².